The normalized spacial score (nSPS) is 10.8. The van der Waals surface area contributed by atoms with Crippen LogP contribution in [0.1, 0.15) is 28.4 Å². The van der Waals surface area contributed by atoms with Crippen LogP contribution in [0.5, 0.6) is 5.75 Å². The predicted octanol–water partition coefficient (Wildman–Crippen LogP) is 3.83. The quantitative estimate of drug-likeness (QED) is 0.300. The highest BCUT2D eigenvalue weighted by Gasteiger charge is 2.09. The summed E-state index contributed by atoms with van der Waals surface area (Å²) in [6.07, 6.45) is 0.775. The molecule has 0 spiro atoms. The second kappa shape index (κ2) is 13.9. The molecule has 2 aromatic rings. The number of guanidine groups is 1. The number of ether oxygens (including phenoxy) is 1. The van der Waals surface area contributed by atoms with Crippen LogP contribution in [0.25, 0.3) is 0 Å². The van der Waals surface area contributed by atoms with Gasteiger partial charge in [-0.2, -0.15) is 0 Å². The van der Waals surface area contributed by atoms with E-state index in [1.54, 1.807) is 19.0 Å². The molecule has 0 heterocycles. The van der Waals surface area contributed by atoms with Gasteiger partial charge >= 0.3 is 0 Å². The molecule has 1 N–H and O–H groups in total. The van der Waals surface area contributed by atoms with E-state index in [1.165, 1.54) is 0 Å². The molecule has 0 saturated heterocycles. The Bertz CT molecular complexity index is 855. The first-order valence-corrected chi connectivity index (χ1v) is 10.4. The maximum Gasteiger partial charge on any atom is 0.253 e. The average Bonchev–Trinajstić information content (AvgIpc) is 2.74. The SMILES string of the molecule is CCNC(=NCCc1cccc(C(=O)N(C)C)c1)N(C)CCOc1ccccc1C.I. The highest BCUT2D eigenvalue weighted by atomic mass is 127. The monoisotopic (exact) mass is 538 g/mol. The third-order valence-electron chi connectivity index (χ3n) is 4.72. The molecular weight excluding hydrogens is 503 g/mol. The van der Waals surface area contributed by atoms with Gasteiger partial charge < -0.3 is 19.9 Å². The summed E-state index contributed by atoms with van der Waals surface area (Å²) in [5, 5.41) is 3.33. The number of carbonyl (C=O) groups excluding carboxylic acids is 1. The number of para-hydroxylation sites is 1. The van der Waals surface area contributed by atoms with Gasteiger partial charge in [-0.25, -0.2) is 0 Å². The number of nitrogens with one attached hydrogen (secondary N) is 1. The summed E-state index contributed by atoms with van der Waals surface area (Å²) in [7, 11) is 5.54. The number of amides is 1. The van der Waals surface area contributed by atoms with Crippen molar-refractivity contribution in [2.75, 3.05) is 47.4 Å². The average molecular weight is 538 g/mol. The minimum atomic E-state index is 0. The minimum Gasteiger partial charge on any atom is -0.491 e. The fourth-order valence-corrected chi connectivity index (χ4v) is 3.00. The first-order valence-electron chi connectivity index (χ1n) is 10.4. The van der Waals surface area contributed by atoms with E-state index in [0.29, 0.717) is 18.7 Å². The van der Waals surface area contributed by atoms with Crippen LogP contribution in [-0.4, -0.2) is 69.1 Å². The van der Waals surface area contributed by atoms with Gasteiger partial charge in [0.2, 0.25) is 0 Å². The Labute approximate surface area is 203 Å². The van der Waals surface area contributed by atoms with Crippen LogP contribution in [-0.2, 0) is 6.42 Å². The Kier molecular flexibility index (Phi) is 12.0. The standard InChI is InChI=1S/C24H34N4O2.HI/c1-6-25-24(28(5)16-17-30-22-13-8-7-10-19(22)2)26-15-14-20-11-9-12-21(18-20)23(29)27(3)4;/h7-13,18H,6,14-17H2,1-5H3,(H,25,26);1H. The molecule has 0 saturated carbocycles. The zero-order valence-electron chi connectivity index (χ0n) is 19.2. The number of aliphatic imine (C=N–C) groups is 1. The molecule has 0 aromatic heterocycles. The molecule has 31 heavy (non-hydrogen) atoms. The number of hydrogen-bond acceptors (Lipinski definition) is 3. The minimum absolute atomic E-state index is 0. The van der Waals surface area contributed by atoms with Crippen LogP contribution in [0.15, 0.2) is 53.5 Å². The molecule has 6 nitrogen and oxygen atoms in total. The van der Waals surface area contributed by atoms with Crippen molar-refractivity contribution in [3.8, 4) is 5.75 Å². The molecule has 2 rings (SSSR count). The summed E-state index contributed by atoms with van der Waals surface area (Å²) in [5.74, 6) is 1.79. The van der Waals surface area contributed by atoms with Crippen molar-refractivity contribution in [1.82, 2.24) is 15.1 Å². The molecule has 2 aromatic carbocycles. The first kappa shape index (κ1) is 26.7. The van der Waals surface area contributed by atoms with Crippen molar-refractivity contribution >= 4 is 35.8 Å². The van der Waals surface area contributed by atoms with E-state index in [2.05, 4.69) is 17.1 Å². The van der Waals surface area contributed by atoms with Gasteiger partial charge in [-0.1, -0.05) is 30.3 Å². The van der Waals surface area contributed by atoms with E-state index in [4.69, 9.17) is 9.73 Å². The number of benzene rings is 2. The Hall–Kier alpha value is -2.29. The summed E-state index contributed by atoms with van der Waals surface area (Å²) in [6, 6.07) is 15.8. The first-order chi connectivity index (χ1) is 14.4. The number of rotatable bonds is 9. The number of nitrogens with zero attached hydrogens (tertiary/aromatic N) is 3. The van der Waals surface area contributed by atoms with E-state index in [1.807, 2.05) is 62.5 Å². The molecule has 0 atom stereocenters. The van der Waals surface area contributed by atoms with Crippen molar-refractivity contribution in [3.05, 3.63) is 65.2 Å². The molecule has 0 bridgehead atoms. The number of halogens is 1. The third-order valence-corrected chi connectivity index (χ3v) is 4.72. The van der Waals surface area contributed by atoms with Crippen molar-refractivity contribution in [1.29, 1.82) is 0 Å². The zero-order chi connectivity index (χ0) is 21.9. The van der Waals surface area contributed by atoms with Crippen molar-refractivity contribution < 1.29 is 9.53 Å². The fourth-order valence-electron chi connectivity index (χ4n) is 3.00. The van der Waals surface area contributed by atoms with Crippen LogP contribution in [0.4, 0.5) is 0 Å². The molecule has 0 aliphatic rings. The second-order valence-electron chi connectivity index (χ2n) is 7.42. The summed E-state index contributed by atoms with van der Waals surface area (Å²) in [5.41, 5.74) is 2.95. The number of aryl methyl sites for hydroxylation is 1. The van der Waals surface area contributed by atoms with Gasteiger partial charge in [-0.15, -0.1) is 24.0 Å². The van der Waals surface area contributed by atoms with Gasteiger partial charge in [0.15, 0.2) is 5.96 Å². The molecule has 0 aliphatic heterocycles. The highest BCUT2D eigenvalue weighted by Crippen LogP contribution is 2.15. The van der Waals surface area contributed by atoms with Gasteiger partial charge in [-0.05, 0) is 49.6 Å². The van der Waals surface area contributed by atoms with Crippen LogP contribution in [0.2, 0.25) is 0 Å². The van der Waals surface area contributed by atoms with Gasteiger partial charge in [0.25, 0.3) is 5.91 Å². The second-order valence-corrected chi connectivity index (χ2v) is 7.42. The molecule has 7 heteroatoms. The molecule has 0 unspecified atom stereocenters. The van der Waals surface area contributed by atoms with Crippen LogP contribution in [0.3, 0.4) is 0 Å². The zero-order valence-corrected chi connectivity index (χ0v) is 21.6. The number of carbonyl (C=O) groups is 1. The highest BCUT2D eigenvalue weighted by molar-refractivity contribution is 14.0. The van der Waals surface area contributed by atoms with Crippen molar-refractivity contribution in [2.45, 2.75) is 20.3 Å². The van der Waals surface area contributed by atoms with Crippen LogP contribution >= 0.6 is 24.0 Å². The maximum atomic E-state index is 12.1. The molecule has 1 amide bonds. The summed E-state index contributed by atoms with van der Waals surface area (Å²) in [6.45, 7) is 6.86. The maximum absolute atomic E-state index is 12.1. The lowest BCUT2D eigenvalue weighted by Crippen LogP contribution is -2.41. The van der Waals surface area contributed by atoms with Gasteiger partial charge in [0, 0.05) is 39.8 Å². The van der Waals surface area contributed by atoms with Crippen molar-refractivity contribution in [3.63, 3.8) is 0 Å². The van der Waals surface area contributed by atoms with Gasteiger partial charge in [0.05, 0.1) is 6.54 Å². The molecule has 0 fully saturated rings. The number of likely N-dealkylation sites (N-methyl/N-ethyl adjacent to an activating group) is 1. The third kappa shape index (κ3) is 8.77. The predicted molar refractivity (Wildman–Crippen MR) is 139 cm³/mol. The smallest absolute Gasteiger partial charge is 0.253 e. The van der Waals surface area contributed by atoms with E-state index >= 15 is 0 Å². The van der Waals surface area contributed by atoms with Crippen molar-refractivity contribution in [2.24, 2.45) is 4.99 Å². The molecule has 0 aliphatic carbocycles. The fraction of sp³-hybridized carbons (Fsp3) is 0.417. The summed E-state index contributed by atoms with van der Waals surface area (Å²) in [4.78, 5) is 20.6. The van der Waals surface area contributed by atoms with Gasteiger partial charge in [-0.3, -0.25) is 9.79 Å². The lowest BCUT2D eigenvalue weighted by Gasteiger charge is -2.22. The Morgan fingerprint density at radius 3 is 2.52 bits per heavy atom. The lowest BCUT2D eigenvalue weighted by molar-refractivity contribution is 0.0827. The van der Waals surface area contributed by atoms with Gasteiger partial charge in [0.1, 0.15) is 12.4 Å². The van der Waals surface area contributed by atoms with Crippen LogP contribution in [0, 0.1) is 6.92 Å². The number of hydrogen-bond donors (Lipinski definition) is 1. The topological polar surface area (TPSA) is 57.2 Å². The summed E-state index contributed by atoms with van der Waals surface area (Å²) >= 11 is 0. The Morgan fingerprint density at radius 1 is 1.10 bits per heavy atom. The molecule has 0 radical (unpaired) electrons. The van der Waals surface area contributed by atoms with E-state index < -0.39 is 0 Å². The van der Waals surface area contributed by atoms with Crippen LogP contribution < -0.4 is 10.1 Å². The molecule has 170 valence electrons. The summed E-state index contributed by atoms with van der Waals surface area (Å²) < 4.78 is 5.90. The Morgan fingerprint density at radius 2 is 1.84 bits per heavy atom. The lowest BCUT2D eigenvalue weighted by atomic mass is 10.1. The largest absolute Gasteiger partial charge is 0.491 e. The Balaban J connectivity index is 0.00000480. The van der Waals surface area contributed by atoms with E-state index in [0.717, 1.165) is 42.3 Å². The molecular formula is C24H35IN4O2. The van der Waals surface area contributed by atoms with E-state index in [-0.39, 0.29) is 29.9 Å². The van der Waals surface area contributed by atoms with E-state index in [9.17, 15) is 4.79 Å².